The number of hydrogen-bond acceptors (Lipinski definition) is 3. The number of carbonyl (C=O) groups excluding carboxylic acids is 2. The lowest BCUT2D eigenvalue weighted by Gasteiger charge is -2.09. The van der Waals surface area contributed by atoms with Crippen LogP contribution in [0.25, 0.3) is 0 Å². The summed E-state index contributed by atoms with van der Waals surface area (Å²) in [6.45, 7) is 2.32. The second-order valence-electron chi connectivity index (χ2n) is 4.61. The molecule has 0 saturated heterocycles. The van der Waals surface area contributed by atoms with Crippen LogP contribution < -0.4 is 16.0 Å². The molecule has 1 aromatic carbocycles. The minimum atomic E-state index is -0.0843. The van der Waals surface area contributed by atoms with E-state index in [0.717, 1.165) is 30.6 Å². The van der Waals surface area contributed by atoms with E-state index in [1.807, 2.05) is 24.3 Å². The third kappa shape index (κ3) is 6.22. The summed E-state index contributed by atoms with van der Waals surface area (Å²) < 4.78 is 0. The Morgan fingerprint density at radius 3 is 2.55 bits per heavy atom. The van der Waals surface area contributed by atoms with Crippen molar-refractivity contribution in [3.8, 4) is 0 Å². The fraction of sp³-hybridized carbons (Fsp3) is 0.467. The lowest BCUT2D eigenvalue weighted by atomic mass is 10.2. The predicted octanol–water partition coefficient (Wildman–Crippen LogP) is 2.36. The van der Waals surface area contributed by atoms with Crippen molar-refractivity contribution in [2.24, 2.45) is 0 Å². The van der Waals surface area contributed by atoms with Gasteiger partial charge in [-0.1, -0.05) is 25.8 Å². The van der Waals surface area contributed by atoms with E-state index in [2.05, 4.69) is 22.9 Å². The van der Waals surface area contributed by atoms with E-state index in [1.165, 1.54) is 0 Å². The second kappa shape index (κ2) is 8.96. The summed E-state index contributed by atoms with van der Waals surface area (Å²) in [6, 6.07) is 7.35. The number of nitrogens with one attached hydrogen (secondary N) is 3. The van der Waals surface area contributed by atoms with Gasteiger partial charge < -0.3 is 16.0 Å². The van der Waals surface area contributed by atoms with Gasteiger partial charge in [-0.25, -0.2) is 0 Å². The summed E-state index contributed by atoms with van der Waals surface area (Å²) >= 11 is 0. The number of carbonyl (C=O) groups is 2. The van der Waals surface area contributed by atoms with Crippen molar-refractivity contribution < 1.29 is 9.59 Å². The van der Waals surface area contributed by atoms with Gasteiger partial charge >= 0.3 is 0 Å². The zero-order valence-electron chi connectivity index (χ0n) is 12.2. The highest BCUT2D eigenvalue weighted by Gasteiger charge is 2.03. The van der Waals surface area contributed by atoms with Gasteiger partial charge in [-0.3, -0.25) is 9.59 Å². The first-order valence-corrected chi connectivity index (χ1v) is 7.00. The molecule has 0 saturated carbocycles. The number of likely N-dealkylation sites (N-methyl/N-ethyl adjacent to an activating group) is 1. The van der Waals surface area contributed by atoms with Crippen LogP contribution in [0.5, 0.6) is 0 Å². The monoisotopic (exact) mass is 277 g/mol. The predicted molar refractivity (Wildman–Crippen MR) is 81.8 cm³/mol. The molecule has 1 aromatic rings. The van der Waals surface area contributed by atoms with Gasteiger partial charge in [-0.2, -0.15) is 0 Å². The third-order valence-corrected chi connectivity index (χ3v) is 2.89. The molecule has 0 spiro atoms. The molecule has 0 radical (unpaired) electrons. The second-order valence-corrected chi connectivity index (χ2v) is 4.61. The van der Waals surface area contributed by atoms with Crippen LogP contribution in [-0.4, -0.2) is 25.4 Å². The van der Waals surface area contributed by atoms with E-state index in [0.29, 0.717) is 6.42 Å². The van der Waals surface area contributed by atoms with E-state index in [9.17, 15) is 9.59 Å². The largest absolute Gasteiger partial charge is 0.376 e. The lowest BCUT2D eigenvalue weighted by molar-refractivity contribution is -0.119. The smallest absolute Gasteiger partial charge is 0.239 e. The Kier molecular flexibility index (Phi) is 7.17. The molecule has 0 heterocycles. The molecule has 0 unspecified atom stereocenters. The Balaban J connectivity index is 2.46. The molecule has 0 bridgehead atoms. The normalized spacial score (nSPS) is 9.90. The number of anilines is 2. The van der Waals surface area contributed by atoms with Gasteiger partial charge in [0.1, 0.15) is 0 Å². The average Bonchev–Trinajstić information content (AvgIpc) is 2.45. The molecule has 110 valence electrons. The number of amides is 2. The van der Waals surface area contributed by atoms with Gasteiger partial charge in [0.25, 0.3) is 0 Å². The first-order chi connectivity index (χ1) is 9.65. The molecule has 3 N–H and O–H groups in total. The quantitative estimate of drug-likeness (QED) is 0.639. The third-order valence-electron chi connectivity index (χ3n) is 2.89. The topological polar surface area (TPSA) is 70.2 Å². The molecule has 0 aliphatic rings. The molecule has 0 atom stereocenters. The van der Waals surface area contributed by atoms with Gasteiger partial charge in [-0.05, 0) is 24.6 Å². The summed E-state index contributed by atoms with van der Waals surface area (Å²) in [4.78, 5) is 22.9. The molecule has 0 fully saturated rings. The van der Waals surface area contributed by atoms with Crippen LogP contribution in [0.3, 0.4) is 0 Å². The maximum Gasteiger partial charge on any atom is 0.239 e. The molecule has 5 nitrogen and oxygen atoms in total. The molecule has 1 rings (SSSR count). The van der Waals surface area contributed by atoms with Crippen molar-refractivity contribution >= 4 is 23.2 Å². The Labute approximate surface area is 120 Å². The summed E-state index contributed by atoms with van der Waals surface area (Å²) in [6.07, 6.45) is 3.63. The van der Waals surface area contributed by atoms with Gasteiger partial charge in [0, 0.05) is 24.8 Å². The Morgan fingerprint density at radius 1 is 1.10 bits per heavy atom. The molecule has 2 amide bonds. The summed E-state index contributed by atoms with van der Waals surface area (Å²) in [5, 5.41) is 8.40. The van der Waals surface area contributed by atoms with Crippen molar-refractivity contribution in [2.45, 2.75) is 32.6 Å². The number of benzene rings is 1. The maximum absolute atomic E-state index is 11.7. The molecule has 20 heavy (non-hydrogen) atoms. The minimum Gasteiger partial charge on any atom is -0.376 e. The van der Waals surface area contributed by atoms with E-state index < -0.39 is 0 Å². The van der Waals surface area contributed by atoms with Gasteiger partial charge in [0.15, 0.2) is 0 Å². The molecular weight excluding hydrogens is 254 g/mol. The maximum atomic E-state index is 11.7. The SMILES string of the molecule is CCCCCC(=O)Nc1cccc(NCC(=O)NC)c1. The lowest BCUT2D eigenvalue weighted by Crippen LogP contribution is -2.26. The zero-order chi connectivity index (χ0) is 14.8. The highest BCUT2D eigenvalue weighted by molar-refractivity contribution is 5.91. The Hall–Kier alpha value is -2.04. The zero-order valence-corrected chi connectivity index (χ0v) is 12.2. The standard InChI is InChI=1S/C15H23N3O2/c1-3-4-5-9-14(19)18-13-8-6-7-12(10-13)17-11-15(20)16-2/h6-8,10,17H,3-5,9,11H2,1-2H3,(H,16,20)(H,18,19). The van der Waals surface area contributed by atoms with Crippen LogP contribution in [0.15, 0.2) is 24.3 Å². The van der Waals surface area contributed by atoms with E-state index in [4.69, 9.17) is 0 Å². The molecule has 0 aromatic heterocycles. The van der Waals surface area contributed by atoms with Crippen molar-refractivity contribution in [3.05, 3.63) is 24.3 Å². The Morgan fingerprint density at radius 2 is 1.85 bits per heavy atom. The minimum absolute atomic E-state index is 0.0295. The van der Waals surface area contributed by atoms with Crippen LogP contribution in [0.1, 0.15) is 32.6 Å². The number of rotatable bonds is 8. The first kappa shape index (κ1) is 16.0. The summed E-state index contributed by atoms with van der Waals surface area (Å²) in [5.41, 5.74) is 1.55. The highest BCUT2D eigenvalue weighted by atomic mass is 16.2. The highest BCUT2D eigenvalue weighted by Crippen LogP contribution is 2.15. The summed E-state index contributed by atoms with van der Waals surface area (Å²) in [5.74, 6) is -0.0547. The van der Waals surface area contributed by atoms with Gasteiger partial charge in [0.05, 0.1) is 6.54 Å². The van der Waals surface area contributed by atoms with Crippen molar-refractivity contribution in [1.29, 1.82) is 0 Å². The van der Waals surface area contributed by atoms with Crippen molar-refractivity contribution in [3.63, 3.8) is 0 Å². The van der Waals surface area contributed by atoms with E-state index in [1.54, 1.807) is 7.05 Å². The fourth-order valence-electron chi connectivity index (χ4n) is 1.74. The molecular formula is C15H23N3O2. The van der Waals surface area contributed by atoms with Gasteiger partial charge in [-0.15, -0.1) is 0 Å². The first-order valence-electron chi connectivity index (χ1n) is 7.00. The van der Waals surface area contributed by atoms with Crippen LogP contribution in [-0.2, 0) is 9.59 Å². The van der Waals surface area contributed by atoms with Crippen LogP contribution in [0.2, 0.25) is 0 Å². The molecule has 0 aliphatic carbocycles. The average molecular weight is 277 g/mol. The van der Waals surface area contributed by atoms with Crippen LogP contribution in [0.4, 0.5) is 11.4 Å². The number of hydrogen-bond donors (Lipinski definition) is 3. The van der Waals surface area contributed by atoms with Crippen LogP contribution in [0, 0.1) is 0 Å². The van der Waals surface area contributed by atoms with E-state index in [-0.39, 0.29) is 18.4 Å². The van der Waals surface area contributed by atoms with Crippen LogP contribution >= 0.6 is 0 Å². The summed E-state index contributed by atoms with van der Waals surface area (Å²) in [7, 11) is 1.59. The fourth-order valence-corrected chi connectivity index (χ4v) is 1.74. The van der Waals surface area contributed by atoms with E-state index >= 15 is 0 Å². The molecule has 5 heteroatoms. The Bertz CT molecular complexity index is 446. The molecule has 0 aliphatic heterocycles. The van der Waals surface area contributed by atoms with Crippen molar-refractivity contribution in [1.82, 2.24) is 5.32 Å². The van der Waals surface area contributed by atoms with Gasteiger partial charge in [0.2, 0.25) is 11.8 Å². The van der Waals surface area contributed by atoms with Crippen molar-refractivity contribution in [2.75, 3.05) is 24.2 Å². The number of unbranched alkanes of at least 4 members (excludes halogenated alkanes) is 2.